The summed E-state index contributed by atoms with van der Waals surface area (Å²) in [6.07, 6.45) is 0.752. The lowest BCUT2D eigenvalue weighted by Crippen LogP contribution is -2.36. The molecule has 0 radical (unpaired) electrons. The summed E-state index contributed by atoms with van der Waals surface area (Å²) in [7, 11) is 0. The van der Waals surface area contributed by atoms with E-state index in [1.165, 1.54) is 0 Å². The average molecular weight is 272 g/mol. The molecule has 1 aliphatic heterocycles. The summed E-state index contributed by atoms with van der Waals surface area (Å²) in [6.45, 7) is 0.155. The van der Waals surface area contributed by atoms with Crippen molar-refractivity contribution in [3.63, 3.8) is 0 Å². The third kappa shape index (κ3) is 3.83. The van der Waals surface area contributed by atoms with Gasteiger partial charge in [0.1, 0.15) is 19.0 Å². The van der Waals surface area contributed by atoms with Crippen LogP contribution in [0.1, 0.15) is 12.8 Å². The van der Waals surface area contributed by atoms with E-state index in [9.17, 15) is 9.59 Å². The molecule has 1 fully saturated rings. The zero-order valence-corrected chi connectivity index (χ0v) is 10.2. The number of fused-ring (bicyclic) bond motifs is 1. The van der Waals surface area contributed by atoms with E-state index in [1.807, 2.05) is 0 Å². The fourth-order valence-electron chi connectivity index (χ4n) is 2.20. The highest BCUT2D eigenvalue weighted by Gasteiger charge is 2.35. The van der Waals surface area contributed by atoms with E-state index in [-0.39, 0.29) is 19.0 Å². The molecule has 1 saturated heterocycles. The highest BCUT2D eigenvalue weighted by atomic mass is 16.7. The van der Waals surface area contributed by atoms with Crippen molar-refractivity contribution < 1.29 is 28.5 Å². The summed E-state index contributed by atoms with van der Waals surface area (Å²) in [6, 6.07) is 0. The molecule has 0 saturated carbocycles. The molecule has 8 nitrogen and oxygen atoms in total. The van der Waals surface area contributed by atoms with Gasteiger partial charge in [-0.2, -0.15) is 0 Å². The van der Waals surface area contributed by atoms with Crippen molar-refractivity contribution in [2.24, 2.45) is 11.5 Å². The van der Waals surface area contributed by atoms with Crippen molar-refractivity contribution in [2.75, 3.05) is 6.79 Å². The summed E-state index contributed by atoms with van der Waals surface area (Å²) in [5, 5.41) is 0. The molecule has 4 N–H and O–H groups in total. The first-order valence-corrected chi connectivity index (χ1v) is 5.88. The number of hydrogen-bond acceptors (Lipinski definition) is 6. The molecule has 2 amide bonds. The largest absolute Gasteiger partial charge is 0.442 e. The Kier molecular flexibility index (Phi) is 4.23. The Morgan fingerprint density at radius 2 is 1.37 bits per heavy atom. The number of nitrogens with two attached hydrogens (primary N) is 2. The number of rotatable bonds is 2. The summed E-state index contributed by atoms with van der Waals surface area (Å²) in [5.74, 6) is 0. The SMILES string of the molecule is NC(=O)OC1/C=C/C(OC(N)=O)CC2OCOC2C1. The summed E-state index contributed by atoms with van der Waals surface area (Å²) >= 11 is 0. The molecule has 4 unspecified atom stereocenters. The Bertz CT molecular complexity index is 351. The first-order valence-electron chi connectivity index (χ1n) is 5.88. The predicted octanol–water partition coefficient (Wildman–Crippen LogP) is 0.00570. The summed E-state index contributed by atoms with van der Waals surface area (Å²) < 4.78 is 20.7. The number of hydrogen-bond donors (Lipinski definition) is 2. The molecule has 0 aromatic carbocycles. The van der Waals surface area contributed by atoms with Gasteiger partial charge in [-0.1, -0.05) is 0 Å². The second kappa shape index (κ2) is 5.89. The molecule has 0 aromatic heterocycles. The maximum Gasteiger partial charge on any atom is 0.405 e. The number of carbonyl (C=O) groups is 2. The Morgan fingerprint density at radius 1 is 0.947 bits per heavy atom. The first-order chi connectivity index (χ1) is 9.04. The fraction of sp³-hybridized carbons (Fsp3) is 0.636. The van der Waals surface area contributed by atoms with Gasteiger partial charge in [0, 0.05) is 12.8 Å². The molecule has 1 heterocycles. The standard InChI is InChI=1S/C11H16N2O6/c12-10(14)18-6-1-2-7(19-11(13)15)4-9-8(3-6)16-5-17-9/h1-2,6-9H,3-5H2,(H2,12,14)(H2,13,15)/b2-1+. The van der Waals surface area contributed by atoms with Crippen molar-refractivity contribution in [1.29, 1.82) is 0 Å². The molecule has 2 rings (SSSR count). The fourth-order valence-corrected chi connectivity index (χ4v) is 2.20. The van der Waals surface area contributed by atoms with E-state index in [0.717, 1.165) is 0 Å². The van der Waals surface area contributed by atoms with Gasteiger partial charge in [0.15, 0.2) is 0 Å². The molecule has 1 aliphatic carbocycles. The number of primary amides is 2. The van der Waals surface area contributed by atoms with Crippen molar-refractivity contribution in [3.05, 3.63) is 12.2 Å². The molecule has 0 spiro atoms. The first kappa shape index (κ1) is 13.6. The lowest BCUT2D eigenvalue weighted by Gasteiger charge is -2.26. The Morgan fingerprint density at radius 3 is 1.74 bits per heavy atom. The Labute approximate surface area is 109 Å². The van der Waals surface area contributed by atoms with Crippen LogP contribution in [0.4, 0.5) is 9.59 Å². The Balaban J connectivity index is 2.09. The molecule has 8 heteroatoms. The molecule has 0 aromatic rings. The quantitative estimate of drug-likeness (QED) is 0.682. The van der Waals surface area contributed by atoms with Gasteiger partial charge in [-0.25, -0.2) is 9.59 Å². The van der Waals surface area contributed by atoms with E-state index in [0.29, 0.717) is 12.8 Å². The molecular formula is C11H16N2O6. The molecule has 19 heavy (non-hydrogen) atoms. The van der Waals surface area contributed by atoms with Gasteiger partial charge in [-0.05, 0) is 12.2 Å². The average Bonchev–Trinajstić information content (AvgIpc) is 2.68. The third-order valence-corrected chi connectivity index (χ3v) is 2.98. The number of carbonyl (C=O) groups excluding carboxylic acids is 2. The smallest absolute Gasteiger partial charge is 0.405 e. The second-order valence-electron chi connectivity index (χ2n) is 4.34. The van der Waals surface area contributed by atoms with Gasteiger partial charge in [-0.15, -0.1) is 0 Å². The topological polar surface area (TPSA) is 123 Å². The van der Waals surface area contributed by atoms with E-state index >= 15 is 0 Å². The van der Waals surface area contributed by atoms with E-state index in [4.69, 9.17) is 30.4 Å². The van der Waals surface area contributed by atoms with Crippen LogP contribution in [0.2, 0.25) is 0 Å². The van der Waals surface area contributed by atoms with Crippen molar-refractivity contribution in [3.8, 4) is 0 Å². The van der Waals surface area contributed by atoms with E-state index in [2.05, 4.69) is 0 Å². The lowest BCUT2D eigenvalue weighted by molar-refractivity contribution is 0.0274. The zero-order valence-electron chi connectivity index (χ0n) is 10.2. The zero-order chi connectivity index (χ0) is 13.8. The molecule has 106 valence electrons. The lowest BCUT2D eigenvalue weighted by atomic mass is 9.97. The monoisotopic (exact) mass is 272 g/mol. The minimum Gasteiger partial charge on any atom is -0.442 e. The van der Waals surface area contributed by atoms with Gasteiger partial charge in [0.25, 0.3) is 0 Å². The normalized spacial score (nSPS) is 35.6. The van der Waals surface area contributed by atoms with Crippen LogP contribution in [0.5, 0.6) is 0 Å². The van der Waals surface area contributed by atoms with Gasteiger partial charge in [0.2, 0.25) is 0 Å². The van der Waals surface area contributed by atoms with Crippen LogP contribution in [0, 0.1) is 0 Å². The van der Waals surface area contributed by atoms with Gasteiger partial charge in [-0.3, -0.25) is 0 Å². The molecule has 2 aliphatic rings. The van der Waals surface area contributed by atoms with Gasteiger partial charge in [0.05, 0.1) is 12.2 Å². The second-order valence-corrected chi connectivity index (χ2v) is 4.34. The minimum absolute atomic E-state index is 0.155. The van der Waals surface area contributed by atoms with Crippen molar-refractivity contribution in [2.45, 2.75) is 37.3 Å². The third-order valence-electron chi connectivity index (χ3n) is 2.98. The summed E-state index contributed by atoms with van der Waals surface area (Å²) in [5.41, 5.74) is 9.99. The van der Waals surface area contributed by atoms with Crippen LogP contribution in [0.3, 0.4) is 0 Å². The Hall–Kier alpha value is -1.80. The van der Waals surface area contributed by atoms with Crippen LogP contribution in [0.25, 0.3) is 0 Å². The summed E-state index contributed by atoms with van der Waals surface area (Å²) in [4.78, 5) is 21.6. The van der Waals surface area contributed by atoms with E-state index < -0.39 is 24.4 Å². The van der Waals surface area contributed by atoms with Crippen LogP contribution in [0.15, 0.2) is 12.2 Å². The van der Waals surface area contributed by atoms with Gasteiger partial charge < -0.3 is 30.4 Å². The predicted molar refractivity (Wildman–Crippen MR) is 61.9 cm³/mol. The van der Waals surface area contributed by atoms with Crippen LogP contribution in [-0.2, 0) is 18.9 Å². The highest BCUT2D eigenvalue weighted by Crippen LogP contribution is 2.26. The van der Waals surface area contributed by atoms with E-state index in [1.54, 1.807) is 12.2 Å². The maximum atomic E-state index is 10.8. The van der Waals surface area contributed by atoms with Crippen LogP contribution in [-0.4, -0.2) is 43.4 Å². The van der Waals surface area contributed by atoms with Crippen LogP contribution >= 0.6 is 0 Å². The van der Waals surface area contributed by atoms with Crippen molar-refractivity contribution >= 4 is 12.2 Å². The maximum absolute atomic E-state index is 10.8. The number of ether oxygens (including phenoxy) is 4. The van der Waals surface area contributed by atoms with Crippen LogP contribution < -0.4 is 11.5 Å². The van der Waals surface area contributed by atoms with Crippen molar-refractivity contribution in [1.82, 2.24) is 0 Å². The molecule has 4 atom stereocenters. The molecule has 0 bridgehead atoms. The number of amides is 2. The highest BCUT2D eigenvalue weighted by molar-refractivity contribution is 5.65. The molecular weight excluding hydrogens is 256 g/mol. The minimum atomic E-state index is -0.877. The van der Waals surface area contributed by atoms with Gasteiger partial charge >= 0.3 is 12.2 Å².